The van der Waals surface area contributed by atoms with Crippen LogP contribution < -0.4 is 44.7 Å². The fourth-order valence-electron chi connectivity index (χ4n) is 5.36. The van der Waals surface area contributed by atoms with Crippen molar-refractivity contribution in [1.29, 1.82) is 0 Å². The molecule has 2 fully saturated rings. The number of amides is 3. The largest absolute Gasteiger partial charge is 1.00 e. The van der Waals surface area contributed by atoms with Crippen LogP contribution in [0.5, 0.6) is 5.75 Å². The Kier molecular flexibility index (Phi) is 8.10. The molecule has 33 heavy (non-hydrogen) atoms. The molecule has 9 nitrogen and oxygen atoms in total. The van der Waals surface area contributed by atoms with Gasteiger partial charge in [-0.25, -0.2) is 4.79 Å². The minimum absolute atomic E-state index is 0. The smallest absolute Gasteiger partial charge is 0.543 e. The van der Waals surface area contributed by atoms with Crippen LogP contribution in [0.25, 0.3) is 0 Å². The summed E-state index contributed by atoms with van der Waals surface area (Å²) in [6, 6.07) is 8.09. The van der Waals surface area contributed by atoms with E-state index in [2.05, 4.69) is 5.32 Å². The number of carboxylic acids is 1. The van der Waals surface area contributed by atoms with Gasteiger partial charge in [-0.1, -0.05) is 24.6 Å². The van der Waals surface area contributed by atoms with Crippen molar-refractivity contribution >= 4 is 17.9 Å². The molecule has 172 valence electrons. The zero-order valence-electron chi connectivity index (χ0n) is 19.2. The predicted octanol–water partition coefficient (Wildman–Crippen LogP) is -2.90. The van der Waals surface area contributed by atoms with Gasteiger partial charge < -0.3 is 34.9 Å². The molecule has 0 bridgehead atoms. The Morgan fingerprint density at radius 1 is 1.30 bits per heavy atom. The molecule has 1 aromatic rings. The number of rotatable bonds is 7. The summed E-state index contributed by atoms with van der Waals surface area (Å²) in [5.74, 6) is -1.92. The number of para-hydroxylation sites is 1. The predicted molar refractivity (Wildman–Crippen MR) is 112 cm³/mol. The van der Waals surface area contributed by atoms with Gasteiger partial charge in [0.2, 0.25) is 5.91 Å². The van der Waals surface area contributed by atoms with Gasteiger partial charge in [0.1, 0.15) is 12.4 Å². The summed E-state index contributed by atoms with van der Waals surface area (Å²) in [6.45, 7) is 2.14. The second-order valence-electron chi connectivity index (χ2n) is 8.61. The van der Waals surface area contributed by atoms with Gasteiger partial charge in [-0.2, -0.15) is 0 Å². The van der Waals surface area contributed by atoms with Crippen molar-refractivity contribution in [3.63, 3.8) is 0 Å². The number of aliphatic carboxylic acids is 1. The van der Waals surface area contributed by atoms with Gasteiger partial charge in [0.05, 0.1) is 42.3 Å². The Hall–Kier alpha value is -2.07. The van der Waals surface area contributed by atoms with E-state index < -0.39 is 29.9 Å². The summed E-state index contributed by atoms with van der Waals surface area (Å²) >= 11 is 0. The monoisotopic (exact) mass is 465 g/mol. The number of urea groups is 1. The summed E-state index contributed by atoms with van der Waals surface area (Å²) in [6.07, 6.45) is 1.23. The first kappa shape index (κ1) is 25.6. The number of ether oxygens (including phenoxy) is 1. The zero-order valence-corrected chi connectivity index (χ0v) is 21.2. The van der Waals surface area contributed by atoms with Crippen LogP contribution in [0.4, 0.5) is 4.79 Å². The van der Waals surface area contributed by atoms with E-state index in [9.17, 15) is 24.6 Å². The Bertz CT molecular complexity index is 937. The number of β-lactam (4-membered cyclic amide) rings is 1. The number of aliphatic hydroxyl groups excluding tert-OH is 1. The van der Waals surface area contributed by atoms with Crippen molar-refractivity contribution in [3.8, 4) is 5.75 Å². The number of carbonyl (C=O) groups excluding carboxylic acids is 3. The van der Waals surface area contributed by atoms with Crippen molar-refractivity contribution < 1.29 is 58.9 Å². The molecule has 2 N–H and O–H groups in total. The van der Waals surface area contributed by atoms with E-state index in [0.717, 1.165) is 6.42 Å². The number of fused-ring (bicyclic) bond motifs is 3. The molecule has 5 atom stereocenters. The molecule has 1 aromatic carbocycles. The quantitative estimate of drug-likeness (QED) is 0.253. The van der Waals surface area contributed by atoms with Crippen LogP contribution in [-0.4, -0.2) is 71.2 Å². The SMILES string of the molecule is CC(O)[C@H]1C(=O)N2C(C(=O)[O-])=C3[C@H](CCC[C@@H]3N(C)C(=O)NCCOc3ccccc3)[C@H]12.[Na+]. The minimum Gasteiger partial charge on any atom is -0.543 e. The second kappa shape index (κ2) is 10.5. The third kappa shape index (κ3) is 4.64. The average molecular weight is 465 g/mol. The third-order valence-corrected chi connectivity index (χ3v) is 6.76. The normalized spacial score (nSPS) is 26.4. The van der Waals surface area contributed by atoms with Crippen LogP contribution in [-0.2, 0) is 9.59 Å². The standard InChI is InChI=1S/C23H29N3O6.Na/c1-13(27)17-19-15-9-6-10-16(18(15)20(22(29)30)26(19)21(17)28)25(2)23(31)24-11-12-32-14-7-4-3-5-8-14;/h3-5,7-8,13,15-17,19,27H,6,9-12H2,1-2H3,(H,24,31)(H,29,30);/q;+1/p-1/t13?,15-,16-,17+,19+;/m0./s1. The van der Waals surface area contributed by atoms with Gasteiger partial charge in [0, 0.05) is 13.0 Å². The number of benzene rings is 1. The van der Waals surface area contributed by atoms with Crippen LogP contribution in [0.15, 0.2) is 41.6 Å². The van der Waals surface area contributed by atoms with Crippen molar-refractivity contribution in [2.75, 3.05) is 20.2 Å². The number of nitrogens with zero attached hydrogens (tertiary/aromatic N) is 2. The van der Waals surface area contributed by atoms with Gasteiger partial charge in [0.25, 0.3) is 0 Å². The molecule has 1 saturated heterocycles. The van der Waals surface area contributed by atoms with Gasteiger partial charge in [-0.15, -0.1) is 0 Å². The van der Waals surface area contributed by atoms with Gasteiger partial charge in [0.15, 0.2) is 0 Å². The Balaban J connectivity index is 0.00000306. The fourth-order valence-corrected chi connectivity index (χ4v) is 5.36. The molecule has 10 heteroatoms. The molecule has 0 radical (unpaired) electrons. The van der Waals surface area contributed by atoms with E-state index in [4.69, 9.17) is 4.74 Å². The first-order chi connectivity index (χ1) is 15.3. The molecule has 3 aliphatic rings. The van der Waals surface area contributed by atoms with Crippen molar-refractivity contribution in [2.45, 2.75) is 44.4 Å². The molecule has 4 rings (SSSR count). The number of hydrogen-bond acceptors (Lipinski definition) is 6. The number of aliphatic hydroxyl groups is 1. The third-order valence-electron chi connectivity index (χ3n) is 6.76. The van der Waals surface area contributed by atoms with E-state index in [1.807, 2.05) is 30.3 Å². The fraction of sp³-hybridized carbons (Fsp3) is 0.522. The summed E-state index contributed by atoms with van der Waals surface area (Å²) < 4.78 is 5.59. The van der Waals surface area contributed by atoms with E-state index >= 15 is 0 Å². The van der Waals surface area contributed by atoms with Crippen LogP contribution in [0.2, 0.25) is 0 Å². The maximum absolute atomic E-state index is 12.8. The second-order valence-corrected chi connectivity index (χ2v) is 8.61. The molecule has 1 aliphatic carbocycles. The maximum Gasteiger partial charge on any atom is 1.00 e. The number of nitrogens with one attached hydrogen (secondary N) is 1. The minimum atomic E-state index is -1.41. The van der Waals surface area contributed by atoms with E-state index in [-0.39, 0.29) is 59.8 Å². The summed E-state index contributed by atoms with van der Waals surface area (Å²) in [5.41, 5.74) is 0.439. The molecule has 1 saturated carbocycles. The Morgan fingerprint density at radius 2 is 2.00 bits per heavy atom. The molecule has 0 spiro atoms. The van der Waals surface area contributed by atoms with Crippen LogP contribution in [0, 0.1) is 11.8 Å². The molecular weight excluding hydrogens is 437 g/mol. The zero-order chi connectivity index (χ0) is 23.0. The van der Waals surface area contributed by atoms with E-state index in [1.54, 1.807) is 14.0 Å². The number of carbonyl (C=O) groups is 3. The number of carboxylic acid groups (broad SMARTS) is 1. The molecule has 0 aromatic heterocycles. The molecule has 3 amide bonds. The van der Waals surface area contributed by atoms with Crippen molar-refractivity contribution in [1.82, 2.24) is 15.1 Å². The van der Waals surface area contributed by atoms with Crippen LogP contribution >= 0.6 is 0 Å². The maximum atomic E-state index is 12.8. The summed E-state index contributed by atoms with van der Waals surface area (Å²) in [4.78, 5) is 40.1. The van der Waals surface area contributed by atoms with E-state index in [1.165, 1.54) is 9.80 Å². The van der Waals surface area contributed by atoms with Crippen molar-refractivity contribution in [3.05, 3.63) is 41.6 Å². The summed E-state index contributed by atoms with van der Waals surface area (Å²) in [7, 11) is 1.63. The van der Waals surface area contributed by atoms with Crippen molar-refractivity contribution in [2.24, 2.45) is 11.8 Å². The Morgan fingerprint density at radius 3 is 2.64 bits per heavy atom. The van der Waals surface area contributed by atoms with Crippen LogP contribution in [0.3, 0.4) is 0 Å². The van der Waals surface area contributed by atoms with Gasteiger partial charge >= 0.3 is 35.6 Å². The average Bonchev–Trinajstić information content (AvgIpc) is 3.07. The topological polar surface area (TPSA) is 122 Å². The molecule has 2 aliphatic heterocycles. The first-order valence-electron chi connectivity index (χ1n) is 11.0. The first-order valence-corrected chi connectivity index (χ1v) is 11.0. The van der Waals surface area contributed by atoms with Gasteiger partial charge in [-0.05, 0) is 37.5 Å². The number of hydrogen-bond donors (Lipinski definition) is 2. The number of likely N-dealkylation sites (N-methyl/N-ethyl adjacent to an activating group) is 1. The van der Waals surface area contributed by atoms with Crippen LogP contribution in [0.1, 0.15) is 26.2 Å². The molecule has 2 heterocycles. The molecular formula is C23H28N3NaO6. The Labute approximate surface area is 215 Å². The van der Waals surface area contributed by atoms with Gasteiger partial charge in [-0.3, -0.25) is 4.79 Å². The summed E-state index contributed by atoms with van der Waals surface area (Å²) in [5, 5.41) is 24.9. The van der Waals surface area contributed by atoms with E-state index in [0.29, 0.717) is 30.8 Å². The molecule has 1 unspecified atom stereocenters.